The van der Waals surface area contributed by atoms with Crippen LogP contribution in [0.15, 0.2) is 30.3 Å². The highest BCUT2D eigenvalue weighted by molar-refractivity contribution is 6.09. The van der Waals surface area contributed by atoms with Crippen molar-refractivity contribution in [3.05, 3.63) is 47.0 Å². The van der Waals surface area contributed by atoms with Crippen LogP contribution in [0.3, 0.4) is 0 Å². The lowest BCUT2D eigenvalue weighted by atomic mass is 9.86. The fourth-order valence-electron chi connectivity index (χ4n) is 5.87. The van der Waals surface area contributed by atoms with E-state index in [0.29, 0.717) is 17.9 Å². The Hall–Kier alpha value is -3.53. The molecule has 2 aromatic heterocycles. The number of nitriles is 1. The Morgan fingerprint density at radius 3 is 2.41 bits per heavy atom. The van der Waals surface area contributed by atoms with Gasteiger partial charge in [0, 0.05) is 30.5 Å². The fraction of sp³-hybridized carbons (Fsp3) is 0.444. The van der Waals surface area contributed by atoms with Crippen molar-refractivity contribution in [1.29, 1.82) is 5.26 Å². The van der Waals surface area contributed by atoms with Gasteiger partial charge in [-0.2, -0.15) is 10.2 Å². The summed E-state index contributed by atoms with van der Waals surface area (Å²) in [5.41, 5.74) is 2.49. The Morgan fingerprint density at radius 2 is 1.74 bits per heavy atom. The van der Waals surface area contributed by atoms with Crippen molar-refractivity contribution < 1.29 is 4.74 Å². The molecule has 0 radical (unpaired) electrons. The maximum atomic E-state index is 10.4. The third-order valence-corrected chi connectivity index (χ3v) is 7.60. The van der Waals surface area contributed by atoms with Gasteiger partial charge in [-0.15, -0.1) is 0 Å². The number of hydrogen-bond acceptors (Lipinski definition) is 7. The monoisotopic (exact) mass is 454 g/mol. The summed E-state index contributed by atoms with van der Waals surface area (Å²) in [5, 5.41) is 19.7. The minimum absolute atomic E-state index is 0.112. The molecule has 1 fully saturated rings. The van der Waals surface area contributed by atoms with Gasteiger partial charge < -0.3 is 20.3 Å². The van der Waals surface area contributed by atoms with Crippen molar-refractivity contribution in [2.75, 3.05) is 28.6 Å². The Bertz CT molecular complexity index is 1290. The van der Waals surface area contributed by atoms with E-state index in [4.69, 9.17) is 14.7 Å². The third kappa shape index (κ3) is 3.16. The highest BCUT2D eigenvalue weighted by atomic mass is 16.5. The summed E-state index contributed by atoms with van der Waals surface area (Å²) in [5.74, 6) is 3.01. The largest absolute Gasteiger partial charge is 0.469 e. The van der Waals surface area contributed by atoms with Crippen LogP contribution in [0.4, 0.5) is 17.5 Å². The molecule has 3 aliphatic rings. The zero-order chi connectivity index (χ0) is 23.3. The van der Waals surface area contributed by atoms with Crippen molar-refractivity contribution >= 4 is 28.2 Å². The second kappa shape index (κ2) is 8.05. The Kier molecular flexibility index (Phi) is 4.98. The first-order valence-electron chi connectivity index (χ1n) is 12.5. The van der Waals surface area contributed by atoms with Crippen LogP contribution in [0.2, 0.25) is 0 Å². The molecule has 174 valence electrons. The molecule has 0 saturated heterocycles. The summed E-state index contributed by atoms with van der Waals surface area (Å²) in [6, 6.07) is 12.8. The lowest BCUT2D eigenvalue weighted by molar-refractivity contribution is 0.231. The zero-order valence-electron chi connectivity index (χ0n) is 19.8. The molecule has 7 heteroatoms. The van der Waals surface area contributed by atoms with Crippen molar-refractivity contribution in [3.8, 4) is 11.9 Å². The fourth-order valence-corrected chi connectivity index (χ4v) is 5.87. The van der Waals surface area contributed by atoms with Crippen molar-refractivity contribution in [3.63, 3.8) is 0 Å². The van der Waals surface area contributed by atoms with Crippen LogP contribution in [-0.4, -0.2) is 28.7 Å². The van der Waals surface area contributed by atoms with Crippen LogP contribution < -0.4 is 20.3 Å². The molecular weight excluding hydrogens is 424 g/mol. The van der Waals surface area contributed by atoms with E-state index >= 15 is 0 Å². The van der Waals surface area contributed by atoms with Crippen LogP contribution >= 0.6 is 0 Å². The second-order valence-corrected chi connectivity index (χ2v) is 9.55. The van der Waals surface area contributed by atoms with Crippen molar-refractivity contribution in [2.24, 2.45) is 0 Å². The lowest BCUT2D eigenvalue weighted by Gasteiger charge is -2.43. The topological polar surface area (TPSA) is 86.1 Å². The molecule has 7 nitrogen and oxygen atoms in total. The van der Waals surface area contributed by atoms with Crippen LogP contribution in [0.5, 0.6) is 5.88 Å². The van der Waals surface area contributed by atoms with E-state index in [1.54, 1.807) is 0 Å². The van der Waals surface area contributed by atoms with Gasteiger partial charge in [0.1, 0.15) is 40.9 Å². The number of nitrogens with zero attached hydrogens (tertiary/aromatic N) is 4. The highest BCUT2D eigenvalue weighted by Gasteiger charge is 2.41. The Morgan fingerprint density at radius 1 is 1.03 bits per heavy atom. The highest BCUT2D eigenvalue weighted by Crippen LogP contribution is 2.49. The smallest absolute Gasteiger partial charge is 0.219 e. The van der Waals surface area contributed by atoms with Gasteiger partial charge in [-0.05, 0) is 45.1 Å². The number of aromatic nitrogens is 2. The summed E-state index contributed by atoms with van der Waals surface area (Å²) in [6.45, 7) is 5.79. The van der Waals surface area contributed by atoms with E-state index in [1.807, 2.05) is 18.2 Å². The van der Waals surface area contributed by atoms with Crippen molar-refractivity contribution in [2.45, 2.75) is 64.1 Å². The Labute approximate surface area is 200 Å². The quantitative estimate of drug-likeness (QED) is 0.537. The first-order valence-corrected chi connectivity index (χ1v) is 12.5. The van der Waals surface area contributed by atoms with Gasteiger partial charge in [0.25, 0.3) is 0 Å². The molecule has 2 N–H and O–H groups in total. The zero-order valence-corrected chi connectivity index (χ0v) is 19.8. The molecule has 1 atom stereocenters. The van der Waals surface area contributed by atoms with Gasteiger partial charge in [0.15, 0.2) is 0 Å². The van der Waals surface area contributed by atoms with E-state index in [2.05, 4.69) is 47.6 Å². The van der Waals surface area contributed by atoms with E-state index in [9.17, 15) is 5.26 Å². The molecular formula is C27H30N6O. The van der Waals surface area contributed by atoms with Crippen LogP contribution in [0, 0.1) is 11.3 Å². The molecule has 1 aromatic carbocycles. The van der Waals surface area contributed by atoms with Gasteiger partial charge in [-0.25, -0.2) is 4.98 Å². The first-order chi connectivity index (χ1) is 16.7. The maximum Gasteiger partial charge on any atom is 0.219 e. The number of pyridine rings is 2. The molecule has 1 saturated carbocycles. The number of benzene rings is 1. The third-order valence-electron chi connectivity index (χ3n) is 7.60. The SMILES string of the molecule is CCN(CC)c1nc2c3c(nc4c(c3c1C#N)CC(c1ccccc1)O4)NC1(CCCCC1)N2. The van der Waals surface area contributed by atoms with Crippen molar-refractivity contribution in [1.82, 2.24) is 9.97 Å². The van der Waals surface area contributed by atoms with Gasteiger partial charge >= 0.3 is 0 Å². The molecule has 1 aliphatic carbocycles. The molecule has 6 rings (SSSR count). The molecule has 0 amide bonds. The average Bonchev–Trinajstić information content (AvgIpc) is 3.30. The molecule has 3 aromatic rings. The Balaban J connectivity index is 1.59. The van der Waals surface area contributed by atoms with Gasteiger partial charge in [0.05, 0.1) is 5.39 Å². The molecule has 2 aliphatic heterocycles. The van der Waals surface area contributed by atoms with E-state index < -0.39 is 0 Å². The van der Waals surface area contributed by atoms with Crippen LogP contribution in [0.25, 0.3) is 10.8 Å². The summed E-state index contributed by atoms with van der Waals surface area (Å²) in [7, 11) is 0. The van der Waals surface area contributed by atoms with E-state index in [-0.39, 0.29) is 11.8 Å². The number of rotatable bonds is 4. The minimum atomic E-state index is -0.251. The molecule has 0 bridgehead atoms. The van der Waals surface area contributed by atoms with Crippen LogP contribution in [0.1, 0.15) is 68.7 Å². The molecule has 1 spiro atoms. The molecule has 1 unspecified atom stereocenters. The summed E-state index contributed by atoms with van der Waals surface area (Å²) in [6.07, 6.45) is 6.18. The number of hydrogen-bond donors (Lipinski definition) is 2. The summed E-state index contributed by atoms with van der Waals surface area (Å²) >= 11 is 0. The van der Waals surface area contributed by atoms with Gasteiger partial charge in [-0.1, -0.05) is 36.8 Å². The number of fused-ring (bicyclic) bond motifs is 2. The summed E-state index contributed by atoms with van der Waals surface area (Å²) < 4.78 is 6.42. The average molecular weight is 455 g/mol. The number of anilines is 3. The minimum Gasteiger partial charge on any atom is -0.469 e. The lowest BCUT2D eigenvalue weighted by Crippen LogP contribution is -2.50. The molecule has 4 heterocycles. The number of ether oxygens (including phenoxy) is 1. The van der Waals surface area contributed by atoms with E-state index in [1.165, 1.54) is 6.42 Å². The predicted octanol–water partition coefficient (Wildman–Crippen LogP) is 5.52. The van der Waals surface area contributed by atoms with Crippen LogP contribution in [-0.2, 0) is 6.42 Å². The summed E-state index contributed by atoms with van der Waals surface area (Å²) in [4.78, 5) is 12.2. The van der Waals surface area contributed by atoms with Gasteiger partial charge in [-0.3, -0.25) is 0 Å². The first kappa shape index (κ1) is 21.0. The van der Waals surface area contributed by atoms with Gasteiger partial charge in [0.2, 0.25) is 5.88 Å². The van der Waals surface area contributed by atoms with E-state index in [0.717, 1.165) is 78.1 Å². The predicted molar refractivity (Wildman–Crippen MR) is 134 cm³/mol. The standard InChI is InChI=1S/C27H30N6O/c1-3-33(4-2)25-19(16-28)21-18-15-20(17-11-7-5-8-12-17)34-26(18)30-24-22(21)23(29-25)31-27(32-24)13-9-6-10-14-27/h5,7-8,11-12,20H,3-4,6,9-10,13-15H2,1-2H3,(H,29,31)(H,30,32). The second-order valence-electron chi connectivity index (χ2n) is 9.55. The maximum absolute atomic E-state index is 10.4. The molecule has 34 heavy (non-hydrogen) atoms. The normalized spacial score (nSPS) is 19.6. The number of nitrogens with one attached hydrogen (secondary N) is 2.